The van der Waals surface area contributed by atoms with Gasteiger partial charge in [0.1, 0.15) is 0 Å². The number of methoxy groups -OCH3 is 1. The number of aromatic amines is 1. The molecule has 1 aromatic carbocycles. The summed E-state index contributed by atoms with van der Waals surface area (Å²) in [5, 5.41) is 1.12. The van der Waals surface area contributed by atoms with E-state index in [9.17, 15) is 4.79 Å². The van der Waals surface area contributed by atoms with Crippen LogP contribution in [0, 0.1) is 6.92 Å². The second-order valence-electron chi connectivity index (χ2n) is 4.36. The van der Waals surface area contributed by atoms with Crippen molar-refractivity contribution < 1.29 is 9.53 Å². The van der Waals surface area contributed by atoms with Crippen molar-refractivity contribution in [2.24, 2.45) is 0 Å². The molecule has 2 heterocycles. The van der Waals surface area contributed by atoms with Gasteiger partial charge in [0.15, 0.2) is 0 Å². The molecule has 0 unspecified atom stereocenters. The van der Waals surface area contributed by atoms with Crippen LogP contribution in [0.5, 0.6) is 0 Å². The second-order valence-corrected chi connectivity index (χ2v) is 5.65. The lowest BCUT2D eigenvalue weighted by molar-refractivity contribution is 0.0601. The van der Waals surface area contributed by atoms with Crippen molar-refractivity contribution in [1.82, 2.24) is 4.98 Å². The zero-order chi connectivity index (χ0) is 13.4. The van der Waals surface area contributed by atoms with Gasteiger partial charge in [0.05, 0.1) is 12.7 Å². The lowest BCUT2D eigenvalue weighted by Gasteiger charge is -2.00. The lowest BCUT2D eigenvalue weighted by Crippen LogP contribution is -2.00. The molecule has 2 aromatic heterocycles. The highest BCUT2D eigenvalue weighted by atomic mass is 32.1. The Morgan fingerprint density at radius 1 is 1.26 bits per heavy atom. The molecule has 0 amide bonds. The Hall–Kier alpha value is -2.07. The first-order valence-electron chi connectivity index (χ1n) is 5.95. The topological polar surface area (TPSA) is 42.1 Å². The van der Waals surface area contributed by atoms with E-state index in [1.807, 2.05) is 18.3 Å². The first-order chi connectivity index (χ1) is 9.19. The molecule has 0 saturated carbocycles. The second kappa shape index (κ2) is 4.55. The number of fused-ring (bicyclic) bond motifs is 1. The number of nitrogens with one attached hydrogen (secondary N) is 1. The number of H-pyrrole nitrogens is 1. The summed E-state index contributed by atoms with van der Waals surface area (Å²) >= 11 is 1.76. The number of hydrogen-bond donors (Lipinski definition) is 1. The van der Waals surface area contributed by atoms with E-state index in [4.69, 9.17) is 4.74 Å². The monoisotopic (exact) mass is 271 g/mol. The van der Waals surface area contributed by atoms with Crippen molar-refractivity contribution >= 4 is 28.2 Å². The maximum atomic E-state index is 11.5. The molecule has 0 radical (unpaired) electrons. The van der Waals surface area contributed by atoms with E-state index < -0.39 is 0 Å². The number of rotatable bonds is 2. The lowest BCUT2D eigenvalue weighted by atomic mass is 10.1. The highest BCUT2D eigenvalue weighted by Crippen LogP contribution is 2.33. The van der Waals surface area contributed by atoms with Gasteiger partial charge in [0.25, 0.3) is 0 Å². The minimum Gasteiger partial charge on any atom is -0.465 e. The first kappa shape index (κ1) is 12.0. The van der Waals surface area contributed by atoms with Crippen molar-refractivity contribution in [3.05, 3.63) is 47.0 Å². The molecule has 96 valence electrons. The molecule has 0 spiro atoms. The smallest absolute Gasteiger partial charge is 0.337 e. The predicted octanol–water partition coefficient (Wildman–Crippen LogP) is 3.99. The molecule has 3 nitrogen and oxygen atoms in total. The summed E-state index contributed by atoms with van der Waals surface area (Å²) in [7, 11) is 1.39. The van der Waals surface area contributed by atoms with Crippen LogP contribution in [0.3, 0.4) is 0 Å². The largest absolute Gasteiger partial charge is 0.465 e. The maximum absolute atomic E-state index is 11.5. The highest BCUT2D eigenvalue weighted by molar-refractivity contribution is 7.15. The predicted molar refractivity (Wildman–Crippen MR) is 77.7 cm³/mol. The van der Waals surface area contributed by atoms with E-state index in [1.165, 1.54) is 22.4 Å². The normalized spacial score (nSPS) is 10.8. The van der Waals surface area contributed by atoms with Crippen LogP contribution in [0.2, 0.25) is 0 Å². The summed E-state index contributed by atoms with van der Waals surface area (Å²) in [4.78, 5) is 17.2. The van der Waals surface area contributed by atoms with Gasteiger partial charge < -0.3 is 9.72 Å². The fourth-order valence-corrected chi connectivity index (χ4v) is 3.05. The molecular weight excluding hydrogens is 258 g/mol. The number of aryl methyl sites for hydroxylation is 1. The molecule has 4 heteroatoms. The van der Waals surface area contributed by atoms with Crippen LogP contribution in [0.15, 0.2) is 36.5 Å². The van der Waals surface area contributed by atoms with Gasteiger partial charge in [-0.1, -0.05) is 6.07 Å². The third-order valence-electron chi connectivity index (χ3n) is 3.11. The molecule has 0 aliphatic rings. The van der Waals surface area contributed by atoms with Crippen LogP contribution in [0.1, 0.15) is 15.2 Å². The number of carbonyl (C=O) groups excluding carboxylic acids is 1. The van der Waals surface area contributed by atoms with E-state index in [0.29, 0.717) is 5.56 Å². The summed E-state index contributed by atoms with van der Waals surface area (Å²) in [6, 6.07) is 9.82. The van der Waals surface area contributed by atoms with Gasteiger partial charge in [0, 0.05) is 32.4 Å². The van der Waals surface area contributed by atoms with Crippen molar-refractivity contribution in [3.63, 3.8) is 0 Å². The molecule has 0 atom stereocenters. The molecule has 0 aliphatic heterocycles. The number of hydrogen-bond acceptors (Lipinski definition) is 3. The number of carbonyl (C=O) groups is 1. The minimum atomic E-state index is -0.315. The van der Waals surface area contributed by atoms with Gasteiger partial charge in [0.2, 0.25) is 0 Å². The van der Waals surface area contributed by atoms with Crippen molar-refractivity contribution in [2.45, 2.75) is 6.92 Å². The number of esters is 1. The van der Waals surface area contributed by atoms with Gasteiger partial charge >= 0.3 is 5.97 Å². The number of benzene rings is 1. The van der Waals surface area contributed by atoms with Gasteiger partial charge in [-0.3, -0.25) is 0 Å². The Bertz CT molecular complexity index is 754. The Labute approximate surface area is 114 Å². The van der Waals surface area contributed by atoms with Crippen LogP contribution in [-0.2, 0) is 4.74 Å². The fourth-order valence-electron chi connectivity index (χ4n) is 2.15. The van der Waals surface area contributed by atoms with Crippen LogP contribution in [-0.4, -0.2) is 18.1 Å². The average Bonchev–Trinajstić information content (AvgIpc) is 3.02. The van der Waals surface area contributed by atoms with E-state index in [0.717, 1.165) is 10.9 Å². The molecule has 19 heavy (non-hydrogen) atoms. The van der Waals surface area contributed by atoms with E-state index in [1.54, 1.807) is 17.4 Å². The maximum Gasteiger partial charge on any atom is 0.337 e. The zero-order valence-corrected chi connectivity index (χ0v) is 11.5. The summed E-state index contributed by atoms with van der Waals surface area (Å²) in [5.41, 5.74) is 2.68. The van der Waals surface area contributed by atoms with Crippen LogP contribution < -0.4 is 0 Å². The van der Waals surface area contributed by atoms with Crippen molar-refractivity contribution in [1.29, 1.82) is 0 Å². The molecule has 3 aromatic rings. The summed E-state index contributed by atoms with van der Waals surface area (Å²) in [5.74, 6) is -0.315. The minimum absolute atomic E-state index is 0.315. The number of ether oxygens (including phenoxy) is 1. The standard InChI is InChI=1S/C15H13NO2S/c1-9-3-6-14(19-9)12-8-16-13-7-10(15(17)18-2)4-5-11(12)13/h3-8,16H,1-2H3. The Kier molecular flexibility index (Phi) is 2.87. The van der Waals surface area contributed by atoms with Gasteiger partial charge in [-0.15, -0.1) is 11.3 Å². The van der Waals surface area contributed by atoms with E-state index in [2.05, 4.69) is 24.0 Å². The van der Waals surface area contributed by atoms with E-state index >= 15 is 0 Å². The first-order valence-corrected chi connectivity index (χ1v) is 6.77. The van der Waals surface area contributed by atoms with Crippen LogP contribution in [0.4, 0.5) is 0 Å². The van der Waals surface area contributed by atoms with Gasteiger partial charge in [-0.25, -0.2) is 4.79 Å². The molecule has 0 aliphatic carbocycles. The highest BCUT2D eigenvalue weighted by Gasteiger charge is 2.11. The average molecular weight is 271 g/mol. The number of thiophene rings is 1. The van der Waals surface area contributed by atoms with Crippen LogP contribution in [0.25, 0.3) is 21.3 Å². The zero-order valence-electron chi connectivity index (χ0n) is 10.7. The summed E-state index contributed by atoms with van der Waals surface area (Å²) in [6.07, 6.45) is 1.98. The SMILES string of the molecule is COC(=O)c1ccc2c(-c3ccc(C)s3)c[nH]c2c1. The van der Waals surface area contributed by atoms with Gasteiger partial charge in [-0.05, 0) is 31.2 Å². The molecule has 1 N–H and O–H groups in total. The van der Waals surface area contributed by atoms with E-state index in [-0.39, 0.29) is 5.97 Å². The molecule has 3 rings (SSSR count). The molecular formula is C15H13NO2S. The summed E-state index contributed by atoms with van der Waals surface area (Å²) in [6.45, 7) is 2.10. The third-order valence-corrected chi connectivity index (χ3v) is 4.14. The fraction of sp³-hybridized carbons (Fsp3) is 0.133. The quantitative estimate of drug-likeness (QED) is 0.716. The number of aromatic nitrogens is 1. The third kappa shape index (κ3) is 2.04. The molecule has 0 bridgehead atoms. The Morgan fingerprint density at radius 3 is 2.79 bits per heavy atom. The van der Waals surface area contributed by atoms with Crippen molar-refractivity contribution in [3.8, 4) is 10.4 Å². The summed E-state index contributed by atoms with van der Waals surface area (Å²) < 4.78 is 4.73. The molecule has 0 fully saturated rings. The van der Waals surface area contributed by atoms with Gasteiger partial charge in [-0.2, -0.15) is 0 Å². The van der Waals surface area contributed by atoms with Crippen LogP contribution >= 0.6 is 11.3 Å². The Morgan fingerprint density at radius 2 is 2.11 bits per heavy atom. The van der Waals surface area contributed by atoms with Crippen molar-refractivity contribution in [2.75, 3.05) is 7.11 Å². The Balaban J connectivity index is 2.12. The molecule has 0 saturated heterocycles.